The molecule has 2 aromatic rings. The summed E-state index contributed by atoms with van der Waals surface area (Å²) in [6.45, 7) is 8.04. The normalized spacial score (nSPS) is 14.2. The predicted molar refractivity (Wildman–Crippen MR) is 111 cm³/mol. The van der Waals surface area contributed by atoms with Crippen LogP contribution < -0.4 is 10.1 Å². The minimum Gasteiger partial charge on any atom is -0.482 e. The molecule has 0 fully saturated rings. The molecule has 0 aromatic heterocycles. The summed E-state index contributed by atoms with van der Waals surface area (Å²) in [7, 11) is 0. The molecule has 0 aliphatic carbocycles. The second-order valence-electron chi connectivity index (χ2n) is 8.03. The summed E-state index contributed by atoms with van der Waals surface area (Å²) < 4.78 is 44.2. The van der Waals surface area contributed by atoms with E-state index < -0.39 is 47.5 Å². The van der Waals surface area contributed by atoms with Crippen LogP contribution in [0.3, 0.4) is 0 Å². The number of benzene rings is 2. The first-order valence-electron chi connectivity index (χ1n) is 9.83. The maximum absolute atomic E-state index is 14.5. The van der Waals surface area contributed by atoms with Crippen LogP contribution >= 0.6 is 0 Å². The minimum atomic E-state index is -1.05. The van der Waals surface area contributed by atoms with E-state index in [1.807, 2.05) is 0 Å². The number of para-hydroxylation sites is 1. The average molecular weight is 435 g/mol. The third-order valence-corrected chi connectivity index (χ3v) is 4.09. The van der Waals surface area contributed by atoms with Crippen molar-refractivity contribution in [3.63, 3.8) is 0 Å². The highest BCUT2D eigenvalue weighted by atomic mass is 19.1. The highest BCUT2D eigenvalue weighted by Gasteiger charge is 2.30. The molecule has 0 unspecified atom stereocenters. The van der Waals surface area contributed by atoms with Crippen LogP contribution in [-0.4, -0.2) is 29.8 Å². The first-order chi connectivity index (χ1) is 14.5. The second-order valence-corrected chi connectivity index (χ2v) is 8.03. The molecule has 3 atom stereocenters. The van der Waals surface area contributed by atoms with E-state index >= 15 is 0 Å². The smallest absolute Gasteiger partial charge is 0.408 e. The highest BCUT2D eigenvalue weighted by molar-refractivity contribution is 5.81. The van der Waals surface area contributed by atoms with Crippen molar-refractivity contribution >= 4 is 12.1 Å². The van der Waals surface area contributed by atoms with E-state index in [2.05, 4.69) is 5.32 Å². The highest BCUT2D eigenvalue weighted by Crippen LogP contribution is 2.29. The number of carbonyl (C=O) groups excluding carboxylic acids is 2. The Balaban J connectivity index is 2.15. The monoisotopic (exact) mass is 435 g/mol. The van der Waals surface area contributed by atoms with Crippen molar-refractivity contribution in [3.05, 3.63) is 65.7 Å². The van der Waals surface area contributed by atoms with Gasteiger partial charge in [-0.1, -0.05) is 18.2 Å². The van der Waals surface area contributed by atoms with Crippen LogP contribution in [0.5, 0.6) is 5.75 Å². The molecule has 1 N–H and O–H groups in total. The van der Waals surface area contributed by atoms with Gasteiger partial charge in [-0.3, -0.25) is 0 Å². The van der Waals surface area contributed by atoms with Gasteiger partial charge in [0.1, 0.15) is 35.1 Å². The maximum Gasteiger partial charge on any atom is 0.408 e. The van der Waals surface area contributed by atoms with Crippen LogP contribution in [0.4, 0.5) is 13.6 Å². The summed E-state index contributed by atoms with van der Waals surface area (Å²) in [4.78, 5) is 24.4. The van der Waals surface area contributed by atoms with E-state index in [0.29, 0.717) is 5.75 Å². The quantitative estimate of drug-likeness (QED) is 0.625. The fraction of sp³-hybridized carbons (Fsp3) is 0.391. The molecule has 2 rings (SSSR count). The molecule has 0 spiro atoms. The number of halogens is 2. The lowest BCUT2D eigenvalue weighted by molar-refractivity contribution is -0.155. The number of ether oxygens (including phenoxy) is 3. The van der Waals surface area contributed by atoms with E-state index in [9.17, 15) is 18.4 Å². The molecule has 6 nitrogen and oxygen atoms in total. The van der Waals surface area contributed by atoms with Gasteiger partial charge in [0.25, 0.3) is 0 Å². The predicted octanol–water partition coefficient (Wildman–Crippen LogP) is 4.93. The summed E-state index contributed by atoms with van der Waals surface area (Å²) in [6.07, 6.45) is -2.79. The van der Waals surface area contributed by atoms with Crippen LogP contribution in [0, 0.1) is 11.6 Å². The molecule has 31 heavy (non-hydrogen) atoms. The topological polar surface area (TPSA) is 73.9 Å². The molecule has 0 saturated heterocycles. The van der Waals surface area contributed by atoms with Gasteiger partial charge in [0.05, 0.1) is 0 Å². The van der Waals surface area contributed by atoms with Gasteiger partial charge >= 0.3 is 12.1 Å². The Kier molecular flexibility index (Phi) is 7.96. The second kappa shape index (κ2) is 10.2. The Labute approximate surface area is 180 Å². The van der Waals surface area contributed by atoms with Crippen molar-refractivity contribution in [2.24, 2.45) is 0 Å². The fourth-order valence-corrected chi connectivity index (χ4v) is 2.68. The van der Waals surface area contributed by atoms with Crippen LogP contribution in [-0.2, 0) is 14.3 Å². The van der Waals surface area contributed by atoms with Crippen molar-refractivity contribution in [2.75, 3.05) is 0 Å². The van der Waals surface area contributed by atoms with Crippen molar-refractivity contribution in [1.82, 2.24) is 5.32 Å². The molecule has 1 amide bonds. The lowest BCUT2D eigenvalue weighted by Gasteiger charge is -2.27. The SMILES string of the molecule is C[C@H](NC(=O)OC(C)(C)C)C(=O)O[C@@H](C)[C@H](Oc1ccccc1)c1ccc(F)cc1F. The van der Waals surface area contributed by atoms with Gasteiger partial charge in [-0.2, -0.15) is 0 Å². The zero-order valence-electron chi connectivity index (χ0n) is 18.1. The zero-order chi connectivity index (χ0) is 23.2. The van der Waals surface area contributed by atoms with Gasteiger partial charge in [-0.05, 0) is 58.9 Å². The molecule has 0 bridgehead atoms. The molecule has 8 heteroatoms. The lowest BCUT2D eigenvalue weighted by Crippen LogP contribution is -2.43. The van der Waals surface area contributed by atoms with E-state index in [1.165, 1.54) is 19.9 Å². The molecule has 0 heterocycles. The Hall–Kier alpha value is -3.16. The van der Waals surface area contributed by atoms with E-state index in [-0.39, 0.29) is 5.56 Å². The summed E-state index contributed by atoms with van der Waals surface area (Å²) in [5.74, 6) is -1.91. The number of alkyl carbamates (subject to hydrolysis) is 1. The molecular weight excluding hydrogens is 408 g/mol. The van der Waals surface area contributed by atoms with Crippen molar-refractivity contribution in [3.8, 4) is 5.75 Å². The number of hydrogen-bond acceptors (Lipinski definition) is 5. The molecule has 2 aromatic carbocycles. The van der Waals surface area contributed by atoms with Gasteiger partial charge in [0.15, 0.2) is 6.10 Å². The molecule has 168 valence electrons. The maximum atomic E-state index is 14.5. The Morgan fingerprint density at radius 3 is 2.23 bits per heavy atom. The Bertz CT molecular complexity index is 899. The molecule has 0 radical (unpaired) electrons. The largest absolute Gasteiger partial charge is 0.482 e. The summed E-state index contributed by atoms with van der Waals surface area (Å²) in [6, 6.07) is 10.6. The molecular formula is C23H27F2NO5. The Morgan fingerprint density at radius 1 is 1.00 bits per heavy atom. The van der Waals surface area contributed by atoms with Gasteiger partial charge in [-0.25, -0.2) is 18.4 Å². The first kappa shape index (κ1) is 24.1. The van der Waals surface area contributed by atoms with Crippen molar-refractivity contribution < 1.29 is 32.6 Å². The molecule has 0 saturated carbocycles. The van der Waals surface area contributed by atoms with Crippen molar-refractivity contribution in [2.45, 2.75) is 58.5 Å². The number of carbonyl (C=O) groups is 2. The zero-order valence-corrected chi connectivity index (χ0v) is 18.1. The summed E-state index contributed by atoms with van der Waals surface area (Å²) in [5.41, 5.74) is -0.700. The van der Waals surface area contributed by atoms with E-state index in [0.717, 1.165) is 12.1 Å². The number of hydrogen-bond donors (Lipinski definition) is 1. The lowest BCUT2D eigenvalue weighted by atomic mass is 10.0. The number of amides is 1. The van der Waals surface area contributed by atoms with Gasteiger partial charge in [-0.15, -0.1) is 0 Å². The van der Waals surface area contributed by atoms with Gasteiger partial charge < -0.3 is 19.5 Å². The average Bonchev–Trinajstić information content (AvgIpc) is 2.65. The van der Waals surface area contributed by atoms with Crippen LogP contribution in [0.25, 0.3) is 0 Å². The third-order valence-electron chi connectivity index (χ3n) is 4.09. The van der Waals surface area contributed by atoms with Crippen molar-refractivity contribution in [1.29, 1.82) is 0 Å². The van der Waals surface area contributed by atoms with Gasteiger partial charge in [0.2, 0.25) is 0 Å². The molecule has 0 aliphatic rings. The van der Waals surface area contributed by atoms with E-state index in [4.69, 9.17) is 14.2 Å². The first-order valence-corrected chi connectivity index (χ1v) is 9.83. The van der Waals surface area contributed by atoms with Crippen LogP contribution in [0.1, 0.15) is 46.3 Å². The third kappa shape index (κ3) is 7.55. The number of rotatable bonds is 7. The summed E-state index contributed by atoms with van der Waals surface area (Å²) in [5, 5.41) is 2.39. The number of nitrogens with one attached hydrogen (secondary N) is 1. The minimum absolute atomic E-state index is 0.0262. The van der Waals surface area contributed by atoms with Crippen LogP contribution in [0.2, 0.25) is 0 Å². The van der Waals surface area contributed by atoms with Gasteiger partial charge in [0, 0.05) is 11.6 Å². The fourth-order valence-electron chi connectivity index (χ4n) is 2.68. The van der Waals surface area contributed by atoms with E-state index in [1.54, 1.807) is 51.1 Å². The standard InChI is InChI=1S/C23H27F2NO5/c1-14(26-22(28)31-23(3,4)5)21(27)29-15(2)20(30-17-9-7-6-8-10-17)18-12-11-16(24)13-19(18)25/h6-15,20H,1-5H3,(H,26,28)/t14-,15-,20-/m0/s1. The van der Waals surface area contributed by atoms with Crippen LogP contribution in [0.15, 0.2) is 48.5 Å². The summed E-state index contributed by atoms with van der Waals surface area (Å²) >= 11 is 0. The molecule has 0 aliphatic heterocycles. The number of esters is 1. The Morgan fingerprint density at radius 2 is 1.65 bits per heavy atom.